The zero-order valence-electron chi connectivity index (χ0n) is 17.5. The third-order valence-corrected chi connectivity index (χ3v) is 7.25. The van der Waals surface area contributed by atoms with Crippen LogP contribution in [-0.2, 0) is 14.6 Å². The lowest BCUT2D eigenvalue weighted by molar-refractivity contribution is -0.131. The predicted molar refractivity (Wildman–Crippen MR) is 115 cm³/mol. The second-order valence-electron chi connectivity index (χ2n) is 8.47. The van der Waals surface area contributed by atoms with Crippen molar-refractivity contribution < 1.29 is 27.4 Å². The molecule has 2 aliphatic carbocycles. The lowest BCUT2D eigenvalue weighted by atomic mass is 9.77. The van der Waals surface area contributed by atoms with Gasteiger partial charge in [-0.3, -0.25) is 4.79 Å². The number of hydrogen-bond acceptors (Lipinski definition) is 5. The molecule has 3 aliphatic rings. The van der Waals surface area contributed by atoms with E-state index in [-0.39, 0.29) is 23.0 Å². The van der Waals surface area contributed by atoms with Crippen LogP contribution in [0.1, 0.15) is 31.2 Å². The largest absolute Gasteiger partial charge is 0.490 e. The van der Waals surface area contributed by atoms with E-state index < -0.39 is 27.5 Å². The van der Waals surface area contributed by atoms with Crippen LogP contribution in [-0.4, -0.2) is 49.8 Å². The van der Waals surface area contributed by atoms with Crippen molar-refractivity contribution in [1.29, 1.82) is 0 Å². The molecule has 0 bridgehead atoms. The first-order chi connectivity index (χ1) is 14.6. The van der Waals surface area contributed by atoms with Crippen LogP contribution >= 0.6 is 0 Å². The number of nitrogens with zero attached hydrogens (tertiary/aromatic N) is 1. The standard InChI is InChI=1S/C23H26FNO5S/c1-25-13-21(19-11-14(24)3-9-18(19)23(25)27)20-12-17(31(2,28)29)8-10-22(20)30-16-6-4-15(26)5-7-16/h3,8-13,15-16,18-19,26H,4-7H2,1-2H3. The van der Waals surface area contributed by atoms with E-state index in [2.05, 4.69) is 0 Å². The number of rotatable bonds is 4. The van der Waals surface area contributed by atoms with Crippen molar-refractivity contribution in [2.75, 3.05) is 13.3 Å². The van der Waals surface area contributed by atoms with E-state index in [9.17, 15) is 22.7 Å². The van der Waals surface area contributed by atoms with Gasteiger partial charge < -0.3 is 14.7 Å². The molecule has 6 nitrogen and oxygen atoms in total. The predicted octanol–water partition coefficient (Wildman–Crippen LogP) is 3.24. The van der Waals surface area contributed by atoms with Gasteiger partial charge in [-0.05, 0) is 61.6 Å². The van der Waals surface area contributed by atoms with Crippen LogP contribution in [0.25, 0.3) is 5.57 Å². The summed E-state index contributed by atoms with van der Waals surface area (Å²) in [5, 5.41) is 9.77. The first kappa shape index (κ1) is 21.8. The molecule has 31 heavy (non-hydrogen) atoms. The minimum atomic E-state index is -3.49. The molecule has 0 aromatic heterocycles. The molecule has 0 saturated heterocycles. The Kier molecular flexibility index (Phi) is 5.79. The number of amides is 1. The van der Waals surface area contributed by atoms with E-state index in [0.29, 0.717) is 42.6 Å². The van der Waals surface area contributed by atoms with Crippen LogP contribution in [0.3, 0.4) is 0 Å². The van der Waals surface area contributed by atoms with Crippen LogP contribution in [0.2, 0.25) is 0 Å². The number of allylic oxidation sites excluding steroid dienone is 4. The molecule has 1 fully saturated rings. The fraction of sp³-hybridized carbons (Fsp3) is 0.435. The molecule has 8 heteroatoms. The van der Waals surface area contributed by atoms with Crippen LogP contribution < -0.4 is 4.74 Å². The Balaban J connectivity index is 1.80. The Morgan fingerprint density at radius 1 is 1.16 bits per heavy atom. The zero-order valence-corrected chi connectivity index (χ0v) is 18.3. The summed E-state index contributed by atoms with van der Waals surface area (Å²) in [5.41, 5.74) is 1.16. The van der Waals surface area contributed by atoms with Crippen molar-refractivity contribution in [3.05, 3.63) is 54.0 Å². The molecule has 1 aliphatic heterocycles. The van der Waals surface area contributed by atoms with E-state index in [1.807, 2.05) is 0 Å². The minimum Gasteiger partial charge on any atom is -0.490 e. The van der Waals surface area contributed by atoms with Gasteiger partial charge in [0.15, 0.2) is 9.84 Å². The summed E-state index contributed by atoms with van der Waals surface area (Å²) in [6, 6.07) is 4.67. The molecule has 1 N–H and O–H groups in total. The Hall–Kier alpha value is -2.45. The molecule has 0 spiro atoms. The molecule has 1 aromatic carbocycles. The molecule has 2 atom stereocenters. The van der Waals surface area contributed by atoms with Gasteiger partial charge in [-0.15, -0.1) is 0 Å². The first-order valence-electron chi connectivity index (χ1n) is 10.4. The fourth-order valence-corrected chi connectivity index (χ4v) is 5.07. The summed E-state index contributed by atoms with van der Waals surface area (Å²) in [6.07, 6.45) is 9.23. The number of sulfone groups is 1. The van der Waals surface area contributed by atoms with Gasteiger partial charge in [-0.1, -0.05) is 6.08 Å². The molecular weight excluding hydrogens is 421 g/mol. The van der Waals surface area contributed by atoms with Crippen LogP contribution in [0, 0.1) is 11.8 Å². The summed E-state index contributed by atoms with van der Waals surface area (Å²) in [5.74, 6) is -1.22. The average molecular weight is 448 g/mol. The maximum absolute atomic E-state index is 14.1. The molecule has 1 saturated carbocycles. The van der Waals surface area contributed by atoms with Crippen molar-refractivity contribution in [3.8, 4) is 5.75 Å². The molecular formula is C23H26FNO5S. The molecule has 1 aromatic rings. The normalized spacial score (nSPS) is 28.6. The van der Waals surface area contributed by atoms with Crippen LogP contribution in [0.5, 0.6) is 5.75 Å². The summed E-state index contributed by atoms with van der Waals surface area (Å²) in [4.78, 5) is 14.2. The minimum absolute atomic E-state index is 0.107. The number of benzene rings is 1. The van der Waals surface area contributed by atoms with E-state index in [4.69, 9.17) is 4.74 Å². The second kappa shape index (κ2) is 8.24. The van der Waals surface area contributed by atoms with E-state index in [1.54, 1.807) is 31.5 Å². The van der Waals surface area contributed by atoms with Gasteiger partial charge in [-0.25, -0.2) is 12.8 Å². The van der Waals surface area contributed by atoms with Gasteiger partial charge in [0.25, 0.3) is 0 Å². The van der Waals surface area contributed by atoms with Gasteiger partial charge in [0.2, 0.25) is 5.91 Å². The number of ether oxygens (including phenoxy) is 1. The Morgan fingerprint density at radius 3 is 2.55 bits per heavy atom. The SMILES string of the molecule is CN1C=C(c2cc(S(C)(=O)=O)ccc2OC2CCC(O)CC2)C2C=C(F)C=CC2C1=O. The number of hydrogen-bond donors (Lipinski definition) is 1. The number of aliphatic hydroxyl groups is 1. The van der Waals surface area contributed by atoms with Gasteiger partial charge >= 0.3 is 0 Å². The van der Waals surface area contributed by atoms with Gasteiger partial charge in [0.1, 0.15) is 11.6 Å². The van der Waals surface area contributed by atoms with Crippen molar-refractivity contribution in [3.63, 3.8) is 0 Å². The molecule has 2 unspecified atom stereocenters. The maximum Gasteiger partial charge on any atom is 0.234 e. The maximum atomic E-state index is 14.1. The van der Waals surface area contributed by atoms with E-state index >= 15 is 0 Å². The van der Waals surface area contributed by atoms with E-state index in [1.165, 1.54) is 23.1 Å². The topological polar surface area (TPSA) is 83.9 Å². The lowest BCUT2D eigenvalue weighted by Crippen LogP contribution is -2.38. The molecule has 1 heterocycles. The Labute approximate surface area is 181 Å². The zero-order chi connectivity index (χ0) is 22.3. The Bertz CT molecular complexity index is 1080. The fourth-order valence-electron chi connectivity index (χ4n) is 4.42. The number of aliphatic hydroxyl groups excluding tert-OH is 1. The third-order valence-electron chi connectivity index (χ3n) is 6.14. The summed E-state index contributed by atoms with van der Waals surface area (Å²) in [7, 11) is -1.86. The highest BCUT2D eigenvalue weighted by molar-refractivity contribution is 7.90. The molecule has 166 valence electrons. The van der Waals surface area contributed by atoms with Crippen molar-refractivity contribution in [2.45, 2.75) is 42.8 Å². The highest BCUT2D eigenvalue weighted by Gasteiger charge is 2.38. The number of carbonyl (C=O) groups is 1. The highest BCUT2D eigenvalue weighted by atomic mass is 32.2. The highest BCUT2D eigenvalue weighted by Crippen LogP contribution is 2.43. The first-order valence-corrected chi connectivity index (χ1v) is 12.3. The summed E-state index contributed by atoms with van der Waals surface area (Å²) >= 11 is 0. The van der Waals surface area contributed by atoms with Crippen molar-refractivity contribution in [1.82, 2.24) is 4.90 Å². The molecule has 1 amide bonds. The second-order valence-corrected chi connectivity index (χ2v) is 10.5. The van der Waals surface area contributed by atoms with Crippen molar-refractivity contribution >= 4 is 21.3 Å². The average Bonchev–Trinajstić information content (AvgIpc) is 2.72. The van der Waals surface area contributed by atoms with Gasteiger partial charge in [0, 0.05) is 31.0 Å². The quantitative estimate of drug-likeness (QED) is 0.766. The third kappa shape index (κ3) is 4.45. The molecule has 0 radical (unpaired) electrons. The summed E-state index contributed by atoms with van der Waals surface area (Å²) < 4.78 is 44.8. The smallest absolute Gasteiger partial charge is 0.234 e. The summed E-state index contributed by atoms with van der Waals surface area (Å²) in [6.45, 7) is 0. The van der Waals surface area contributed by atoms with Crippen molar-refractivity contribution in [2.24, 2.45) is 11.8 Å². The van der Waals surface area contributed by atoms with Gasteiger partial charge in [-0.2, -0.15) is 0 Å². The number of halogens is 1. The number of fused-ring (bicyclic) bond motifs is 1. The van der Waals surface area contributed by atoms with Gasteiger partial charge in [0.05, 0.1) is 23.0 Å². The van der Waals surface area contributed by atoms with Crippen LogP contribution in [0.4, 0.5) is 4.39 Å². The van der Waals surface area contributed by atoms with Crippen LogP contribution in [0.15, 0.2) is 53.3 Å². The Morgan fingerprint density at radius 2 is 1.87 bits per heavy atom. The number of carbonyl (C=O) groups excluding carboxylic acids is 1. The molecule has 4 rings (SSSR count). The van der Waals surface area contributed by atoms with E-state index in [0.717, 1.165) is 6.26 Å². The lowest BCUT2D eigenvalue weighted by Gasteiger charge is -2.35. The monoisotopic (exact) mass is 447 g/mol.